The van der Waals surface area contributed by atoms with Gasteiger partial charge in [-0.25, -0.2) is 4.98 Å². The van der Waals surface area contributed by atoms with Crippen LogP contribution in [-0.4, -0.2) is 20.5 Å². The fraction of sp³-hybridized carbons (Fsp3) is 0.273. The lowest BCUT2D eigenvalue weighted by molar-refractivity contribution is -0.138. The maximum absolute atomic E-state index is 10.9. The Balaban J connectivity index is 2.77. The first-order valence-electron chi connectivity index (χ1n) is 4.95. The number of carbonyl (C=O) groups is 1. The van der Waals surface area contributed by atoms with Crippen molar-refractivity contribution in [3.63, 3.8) is 0 Å². The lowest BCUT2D eigenvalue weighted by Crippen LogP contribution is -2.23. The van der Waals surface area contributed by atoms with E-state index in [9.17, 15) is 4.79 Å². The first-order valence-corrected chi connectivity index (χ1v) is 4.95. The molecule has 2 aromatic rings. The summed E-state index contributed by atoms with van der Waals surface area (Å²) < 4.78 is 1.79. The summed E-state index contributed by atoms with van der Waals surface area (Å²) in [5.41, 5.74) is 8.50. The molecule has 2 aromatic heterocycles. The highest BCUT2D eigenvalue weighted by molar-refractivity contribution is 5.75. The number of hydrogen-bond acceptors (Lipinski definition) is 3. The minimum atomic E-state index is -1.05. The Hall–Kier alpha value is -1.88. The normalized spacial score (nSPS) is 12.9. The van der Waals surface area contributed by atoms with Crippen LogP contribution in [0.5, 0.6) is 0 Å². The van der Waals surface area contributed by atoms with Crippen LogP contribution in [0.15, 0.2) is 18.2 Å². The molecule has 0 aromatic carbocycles. The number of carboxylic acids is 1. The van der Waals surface area contributed by atoms with Gasteiger partial charge in [-0.3, -0.25) is 9.20 Å². The standard InChI is InChI=1S/C11H13N3O2/c1-6-4-3-5-8-13-7(2)10(14(6)8)9(12)11(15)16/h3-5,9H,12H2,1-2H3,(H,15,16). The van der Waals surface area contributed by atoms with Crippen LogP contribution in [0.2, 0.25) is 0 Å². The highest BCUT2D eigenvalue weighted by atomic mass is 16.4. The molecule has 0 aliphatic rings. The summed E-state index contributed by atoms with van der Waals surface area (Å²) in [6.45, 7) is 3.66. The first-order chi connectivity index (χ1) is 7.52. The van der Waals surface area contributed by atoms with Crippen LogP contribution in [0, 0.1) is 13.8 Å². The van der Waals surface area contributed by atoms with E-state index in [1.807, 2.05) is 25.1 Å². The largest absolute Gasteiger partial charge is 0.480 e. The van der Waals surface area contributed by atoms with E-state index in [0.29, 0.717) is 11.4 Å². The Bertz CT molecular complexity index is 560. The molecular weight excluding hydrogens is 206 g/mol. The Labute approximate surface area is 92.5 Å². The average Bonchev–Trinajstić information content (AvgIpc) is 2.54. The van der Waals surface area contributed by atoms with Crippen LogP contribution >= 0.6 is 0 Å². The number of aryl methyl sites for hydroxylation is 2. The summed E-state index contributed by atoms with van der Waals surface area (Å²) in [6, 6.07) is 4.56. The molecule has 0 fully saturated rings. The third kappa shape index (κ3) is 1.45. The molecule has 0 bridgehead atoms. The van der Waals surface area contributed by atoms with Crippen molar-refractivity contribution in [3.05, 3.63) is 35.3 Å². The van der Waals surface area contributed by atoms with E-state index in [2.05, 4.69) is 4.98 Å². The molecule has 2 rings (SSSR count). The summed E-state index contributed by atoms with van der Waals surface area (Å²) in [7, 11) is 0. The van der Waals surface area contributed by atoms with Crippen LogP contribution in [0.1, 0.15) is 23.1 Å². The molecule has 0 saturated carbocycles. The Morgan fingerprint density at radius 3 is 2.81 bits per heavy atom. The van der Waals surface area contributed by atoms with Crippen molar-refractivity contribution >= 4 is 11.6 Å². The number of nitrogens with zero attached hydrogens (tertiary/aromatic N) is 2. The molecule has 3 N–H and O–H groups in total. The number of imidazole rings is 1. The minimum absolute atomic E-state index is 0.542. The highest BCUT2D eigenvalue weighted by Crippen LogP contribution is 2.19. The molecule has 16 heavy (non-hydrogen) atoms. The topological polar surface area (TPSA) is 80.6 Å². The molecule has 0 amide bonds. The van der Waals surface area contributed by atoms with E-state index < -0.39 is 12.0 Å². The molecule has 5 nitrogen and oxygen atoms in total. The van der Waals surface area contributed by atoms with Gasteiger partial charge in [0.15, 0.2) is 0 Å². The number of hydrogen-bond donors (Lipinski definition) is 2. The van der Waals surface area contributed by atoms with E-state index in [1.165, 1.54) is 0 Å². The second kappa shape index (κ2) is 3.61. The molecule has 0 aliphatic heterocycles. The summed E-state index contributed by atoms with van der Waals surface area (Å²) in [4.78, 5) is 15.2. The molecule has 1 unspecified atom stereocenters. The van der Waals surface area contributed by atoms with Crippen molar-refractivity contribution in [2.45, 2.75) is 19.9 Å². The lowest BCUT2D eigenvalue weighted by atomic mass is 10.2. The third-order valence-electron chi connectivity index (χ3n) is 2.62. The van der Waals surface area contributed by atoms with Gasteiger partial charge in [-0.2, -0.15) is 0 Å². The van der Waals surface area contributed by atoms with Crippen molar-refractivity contribution in [3.8, 4) is 0 Å². The van der Waals surface area contributed by atoms with Crippen molar-refractivity contribution < 1.29 is 9.90 Å². The zero-order valence-corrected chi connectivity index (χ0v) is 9.14. The Morgan fingerprint density at radius 1 is 1.50 bits per heavy atom. The maximum Gasteiger partial charge on any atom is 0.326 e. The van der Waals surface area contributed by atoms with E-state index >= 15 is 0 Å². The highest BCUT2D eigenvalue weighted by Gasteiger charge is 2.22. The second-order valence-corrected chi connectivity index (χ2v) is 3.76. The van der Waals surface area contributed by atoms with E-state index in [0.717, 1.165) is 11.3 Å². The van der Waals surface area contributed by atoms with Crippen LogP contribution in [0.3, 0.4) is 0 Å². The number of pyridine rings is 1. The molecule has 1 atom stereocenters. The van der Waals surface area contributed by atoms with Gasteiger partial charge in [0.2, 0.25) is 0 Å². The van der Waals surface area contributed by atoms with Crippen LogP contribution in [-0.2, 0) is 4.79 Å². The predicted octanol–water partition coefficient (Wildman–Crippen LogP) is 1.04. The van der Waals surface area contributed by atoms with Gasteiger partial charge >= 0.3 is 5.97 Å². The molecule has 0 saturated heterocycles. The first kappa shape index (κ1) is 10.6. The molecule has 0 spiro atoms. The zero-order valence-electron chi connectivity index (χ0n) is 9.14. The van der Waals surface area contributed by atoms with Crippen molar-refractivity contribution in [2.75, 3.05) is 0 Å². The summed E-state index contributed by atoms with van der Waals surface area (Å²) in [5.74, 6) is -1.05. The van der Waals surface area contributed by atoms with E-state index in [-0.39, 0.29) is 0 Å². The predicted molar refractivity (Wildman–Crippen MR) is 59.2 cm³/mol. The number of fused-ring (bicyclic) bond motifs is 1. The molecule has 5 heteroatoms. The van der Waals surface area contributed by atoms with Gasteiger partial charge in [0.05, 0.1) is 11.4 Å². The monoisotopic (exact) mass is 219 g/mol. The van der Waals surface area contributed by atoms with Gasteiger partial charge in [-0.05, 0) is 26.0 Å². The van der Waals surface area contributed by atoms with E-state index in [4.69, 9.17) is 10.8 Å². The van der Waals surface area contributed by atoms with Crippen molar-refractivity contribution in [2.24, 2.45) is 5.73 Å². The molecule has 2 heterocycles. The third-order valence-corrected chi connectivity index (χ3v) is 2.62. The van der Waals surface area contributed by atoms with Gasteiger partial charge in [-0.1, -0.05) is 6.07 Å². The Morgan fingerprint density at radius 2 is 2.19 bits per heavy atom. The van der Waals surface area contributed by atoms with Gasteiger partial charge in [0, 0.05) is 5.69 Å². The number of aliphatic carboxylic acids is 1. The molecule has 0 aliphatic carbocycles. The minimum Gasteiger partial charge on any atom is -0.480 e. The quantitative estimate of drug-likeness (QED) is 0.790. The summed E-state index contributed by atoms with van der Waals surface area (Å²) in [5, 5.41) is 8.96. The molecular formula is C11H13N3O2. The second-order valence-electron chi connectivity index (χ2n) is 3.76. The SMILES string of the molecule is Cc1nc2cccc(C)n2c1C(N)C(=O)O. The number of aromatic nitrogens is 2. The number of rotatable bonds is 2. The van der Waals surface area contributed by atoms with Crippen LogP contribution < -0.4 is 5.73 Å². The van der Waals surface area contributed by atoms with Gasteiger partial charge in [0.25, 0.3) is 0 Å². The van der Waals surface area contributed by atoms with Gasteiger partial charge in [0.1, 0.15) is 11.7 Å². The number of carboxylic acid groups (broad SMARTS) is 1. The van der Waals surface area contributed by atoms with Crippen LogP contribution in [0.4, 0.5) is 0 Å². The zero-order chi connectivity index (χ0) is 11.9. The molecule has 0 radical (unpaired) electrons. The Kier molecular flexibility index (Phi) is 2.40. The fourth-order valence-corrected chi connectivity index (χ4v) is 1.88. The average molecular weight is 219 g/mol. The summed E-state index contributed by atoms with van der Waals surface area (Å²) >= 11 is 0. The van der Waals surface area contributed by atoms with E-state index in [1.54, 1.807) is 11.3 Å². The molecule has 84 valence electrons. The fourth-order valence-electron chi connectivity index (χ4n) is 1.88. The van der Waals surface area contributed by atoms with Crippen molar-refractivity contribution in [1.82, 2.24) is 9.38 Å². The summed E-state index contributed by atoms with van der Waals surface area (Å²) in [6.07, 6.45) is 0. The maximum atomic E-state index is 10.9. The smallest absolute Gasteiger partial charge is 0.326 e. The van der Waals surface area contributed by atoms with Gasteiger partial charge < -0.3 is 10.8 Å². The van der Waals surface area contributed by atoms with Crippen molar-refractivity contribution in [1.29, 1.82) is 0 Å². The number of nitrogens with two attached hydrogens (primary N) is 1. The lowest BCUT2D eigenvalue weighted by Gasteiger charge is -2.09. The van der Waals surface area contributed by atoms with Gasteiger partial charge in [-0.15, -0.1) is 0 Å². The van der Waals surface area contributed by atoms with Crippen LogP contribution in [0.25, 0.3) is 5.65 Å².